The summed E-state index contributed by atoms with van der Waals surface area (Å²) in [4.78, 5) is 9.61. The van der Waals surface area contributed by atoms with Crippen LogP contribution in [-0.4, -0.2) is 43.5 Å². The van der Waals surface area contributed by atoms with Crippen molar-refractivity contribution in [1.29, 1.82) is 0 Å². The average molecular weight is 333 g/mol. The fourth-order valence-electron chi connectivity index (χ4n) is 0.656. The van der Waals surface area contributed by atoms with Crippen molar-refractivity contribution in [3.63, 3.8) is 0 Å². The first-order valence-corrected chi connectivity index (χ1v) is 7.24. The van der Waals surface area contributed by atoms with E-state index in [4.69, 9.17) is 13.1 Å². The SMILES string of the molecule is C.CCCS.[C-]#[N+]N=C(OC)OC.[C-]#[N+]NC1=NCCS1. The van der Waals surface area contributed by atoms with Gasteiger partial charge in [0.1, 0.15) is 0 Å². The number of ether oxygens (including phenoxy) is 2. The molecule has 7 nitrogen and oxygen atoms in total. The van der Waals surface area contributed by atoms with Gasteiger partial charge in [-0.15, -0.1) is 4.95 Å². The molecule has 0 aromatic carbocycles. The van der Waals surface area contributed by atoms with Gasteiger partial charge < -0.3 is 9.47 Å². The van der Waals surface area contributed by atoms with E-state index in [0.717, 1.165) is 23.2 Å². The monoisotopic (exact) mass is 333 g/mol. The van der Waals surface area contributed by atoms with E-state index in [1.807, 2.05) is 0 Å². The molecule has 9 heteroatoms. The largest absolute Gasteiger partial charge is 0.463 e. The van der Waals surface area contributed by atoms with Crippen molar-refractivity contribution in [2.75, 3.05) is 32.3 Å². The molecule has 1 aliphatic heterocycles. The van der Waals surface area contributed by atoms with E-state index >= 15 is 0 Å². The number of nitrogens with one attached hydrogen (secondary N) is 1. The molecular weight excluding hydrogens is 310 g/mol. The molecule has 0 spiro atoms. The second kappa shape index (κ2) is 20.7. The lowest BCUT2D eigenvalue weighted by molar-refractivity contribution is 0.243. The summed E-state index contributed by atoms with van der Waals surface area (Å²) in [5.74, 6) is 2.03. The Bertz CT molecular complexity index is 367. The molecule has 0 atom stereocenters. The number of methoxy groups -OCH3 is 2. The molecule has 0 fully saturated rings. The lowest BCUT2D eigenvalue weighted by Crippen LogP contribution is -2.07. The van der Waals surface area contributed by atoms with Crippen molar-refractivity contribution in [2.45, 2.75) is 20.8 Å². The number of thioether (sulfide) groups is 1. The molecule has 0 aliphatic carbocycles. The van der Waals surface area contributed by atoms with Crippen LogP contribution in [0.25, 0.3) is 9.91 Å². The molecular formula is C12H23N5O2S2. The average Bonchev–Trinajstić information content (AvgIpc) is 2.99. The number of hydrogen-bond acceptors (Lipinski definition) is 7. The van der Waals surface area contributed by atoms with Gasteiger partial charge in [0.05, 0.1) is 20.8 Å². The van der Waals surface area contributed by atoms with E-state index in [0.29, 0.717) is 0 Å². The smallest absolute Gasteiger partial charge is 0.449 e. The topological polar surface area (TPSA) is 63.9 Å². The van der Waals surface area contributed by atoms with Gasteiger partial charge in [0.2, 0.25) is 5.17 Å². The van der Waals surface area contributed by atoms with Crippen LogP contribution in [0.1, 0.15) is 20.8 Å². The number of thiol groups is 1. The van der Waals surface area contributed by atoms with E-state index in [2.05, 4.69) is 54.5 Å². The van der Waals surface area contributed by atoms with Crippen LogP contribution < -0.4 is 5.43 Å². The Hall–Kier alpha value is -1.58. The molecule has 1 rings (SSSR count). The summed E-state index contributed by atoms with van der Waals surface area (Å²) in [5.41, 5.74) is 2.45. The Morgan fingerprint density at radius 2 is 2.05 bits per heavy atom. The Morgan fingerprint density at radius 1 is 1.48 bits per heavy atom. The third kappa shape index (κ3) is 18.4. The normalized spacial score (nSPS) is 10.5. The van der Waals surface area contributed by atoms with E-state index < -0.39 is 0 Å². The minimum Gasteiger partial charge on any atom is -0.449 e. The molecule has 1 N–H and O–H groups in total. The van der Waals surface area contributed by atoms with E-state index in [1.54, 1.807) is 11.8 Å². The second-order valence-corrected chi connectivity index (χ2v) is 4.39. The van der Waals surface area contributed by atoms with Crippen molar-refractivity contribution < 1.29 is 9.47 Å². The highest BCUT2D eigenvalue weighted by Crippen LogP contribution is 2.08. The fraction of sp³-hybridized carbons (Fsp3) is 0.667. The molecule has 1 aliphatic rings. The molecule has 0 unspecified atom stereocenters. The predicted octanol–water partition coefficient (Wildman–Crippen LogP) is 2.94. The molecule has 0 aromatic heterocycles. The molecule has 21 heavy (non-hydrogen) atoms. The van der Waals surface area contributed by atoms with Gasteiger partial charge in [-0.1, -0.05) is 31.5 Å². The van der Waals surface area contributed by atoms with Gasteiger partial charge in [-0.2, -0.15) is 30.7 Å². The van der Waals surface area contributed by atoms with Gasteiger partial charge in [0, 0.05) is 5.75 Å². The van der Waals surface area contributed by atoms with Crippen LogP contribution >= 0.6 is 24.4 Å². The van der Waals surface area contributed by atoms with Crippen LogP contribution in [0.3, 0.4) is 0 Å². The van der Waals surface area contributed by atoms with Gasteiger partial charge in [-0.3, -0.25) is 4.99 Å². The second-order valence-electron chi connectivity index (χ2n) is 2.86. The lowest BCUT2D eigenvalue weighted by atomic mass is 10.6. The zero-order valence-electron chi connectivity index (χ0n) is 11.8. The standard InChI is InChI=1S/C4H5N3S.C4H6N2O2.C3H8S.CH4/c1-5-7-4-6-2-3-8-4;1-5-6-4(7-2)8-3;1-2-3-4;/h2-3H2,(H,6,7);2-3H3;4H,2-3H2,1H3;1H4. The molecule has 0 saturated heterocycles. The summed E-state index contributed by atoms with van der Waals surface area (Å²) in [5, 5.41) is 3.89. The highest BCUT2D eigenvalue weighted by atomic mass is 32.2. The lowest BCUT2D eigenvalue weighted by Gasteiger charge is -1.92. The number of rotatable bonds is 1. The summed E-state index contributed by atoms with van der Waals surface area (Å²) in [6.07, 6.45) is 1.17. The Kier molecular flexibility index (Phi) is 24.1. The van der Waals surface area contributed by atoms with Gasteiger partial charge >= 0.3 is 6.08 Å². The number of nitrogens with zero attached hydrogens (tertiary/aromatic N) is 4. The minimum absolute atomic E-state index is 0. The maximum Gasteiger partial charge on any atom is 0.463 e. The summed E-state index contributed by atoms with van der Waals surface area (Å²) in [6, 6.07) is 0. The van der Waals surface area contributed by atoms with Gasteiger partial charge in [0.25, 0.3) is 0 Å². The number of aliphatic imine (C=N–C) groups is 1. The van der Waals surface area contributed by atoms with Crippen LogP contribution in [-0.2, 0) is 9.47 Å². The molecule has 0 aromatic rings. The summed E-state index contributed by atoms with van der Waals surface area (Å²) in [7, 11) is 2.76. The first kappa shape index (κ1) is 24.4. The first-order valence-electron chi connectivity index (χ1n) is 5.63. The Labute approximate surface area is 137 Å². The van der Waals surface area contributed by atoms with E-state index in [1.165, 1.54) is 20.6 Å². The molecule has 0 bridgehead atoms. The quantitative estimate of drug-likeness (QED) is 0.255. The van der Waals surface area contributed by atoms with Crippen LogP contribution in [0.5, 0.6) is 0 Å². The maximum atomic E-state index is 6.39. The van der Waals surface area contributed by atoms with Crippen molar-refractivity contribution in [3.8, 4) is 0 Å². The number of hydrogen-bond donors (Lipinski definition) is 2. The third-order valence-electron chi connectivity index (χ3n) is 1.44. The van der Waals surface area contributed by atoms with Gasteiger partial charge in [0.15, 0.2) is 5.10 Å². The first-order chi connectivity index (χ1) is 9.69. The molecule has 0 amide bonds. The number of amidine groups is 1. The summed E-state index contributed by atoms with van der Waals surface area (Å²) in [6.45, 7) is 15.6. The van der Waals surface area contributed by atoms with Crippen molar-refractivity contribution in [1.82, 2.24) is 5.43 Å². The minimum atomic E-state index is -0.0139. The molecule has 0 saturated carbocycles. The molecule has 1 heterocycles. The highest BCUT2D eigenvalue weighted by Gasteiger charge is 2.06. The van der Waals surface area contributed by atoms with Gasteiger partial charge in [-0.25, -0.2) is 0 Å². The fourth-order valence-corrected chi connectivity index (χ4v) is 1.33. The highest BCUT2D eigenvalue weighted by molar-refractivity contribution is 8.14. The van der Waals surface area contributed by atoms with Crippen molar-refractivity contribution in [2.24, 2.45) is 10.1 Å². The Balaban J connectivity index is -0.000000239. The summed E-state index contributed by atoms with van der Waals surface area (Å²) >= 11 is 5.51. The maximum absolute atomic E-state index is 6.39. The van der Waals surface area contributed by atoms with Crippen molar-refractivity contribution >= 4 is 35.6 Å². The predicted molar refractivity (Wildman–Crippen MR) is 93.4 cm³/mol. The Morgan fingerprint density at radius 3 is 2.29 bits per heavy atom. The van der Waals surface area contributed by atoms with Crippen molar-refractivity contribution in [3.05, 3.63) is 23.1 Å². The van der Waals surface area contributed by atoms with E-state index in [9.17, 15) is 0 Å². The van der Waals surface area contributed by atoms with E-state index in [-0.39, 0.29) is 13.5 Å². The van der Waals surface area contributed by atoms with Crippen LogP contribution in [0.15, 0.2) is 10.1 Å². The summed E-state index contributed by atoms with van der Waals surface area (Å²) < 4.78 is 8.91. The zero-order valence-corrected chi connectivity index (χ0v) is 13.5. The molecule has 120 valence electrons. The van der Waals surface area contributed by atoms with Gasteiger partial charge in [-0.05, 0) is 12.2 Å². The van der Waals surface area contributed by atoms with Crippen LogP contribution in [0.2, 0.25) is 0 Å². The third-order valence-corrected chi connectivity index (χ3v) is 2.77. The molecule has 0 radical (unpaired) electrons. The zero-order chi connectivity index (χ0) is 15.6. The van der Waals surface area contributed by atoms with Crippen LogP contribution in [0.4, 0.5) is 0 Å². The van der Waals surface area contributed by atoms with Crippen LogP contribution in [0, 0.1) is 13.1 Å².